The van der Waals surface area contributed by atoms with Crippen LogP contribution in [0.1, 0.15) is 33.6 Å². The molecular formula is C13H21NO. The molecule has 0 saturated carbocycles. The molecule has 0 heterocycles. The van der Waals surface area contributed by atoms with Gasteiger partial charge in [0.05, 0.1) is 6.10 Å². The number of rotatable bonds is 6. The van der Waals surface area contributed by atoms with E-state index in [2.05, 4.69) is 24.4 Å². The van der Waals surface area contributed by atoms with Gasteiger partial charge in [-0.05, 0) is 32.4 Å². The zero-order valence-corrected chi connectivity index (χ0v) is 9.92. The van der Waals surface area contributed by atoms with E-state index >= 15 is 0 Å². The molecule has 0 fully saturated rings. The predicted molar refractivity (Wildman–Crippen MR) is 65.6 cm³/mol. The van der Waals surface area contributed by atoms with Crippen molar-refractivity contribution >= 4 is 5.69 Å². The summed E-state index contributed by atoms with van der Waals surface area (Å²) in [6.07, 6.45) is 2.65. The van der Waals surface area contributed by atoms with Gasteiger partial charge < -0.3 is 10.1 Å². The number of hydrogen-bond donors (Lipinski definition) is 1. The quantitative estimate of drug-likeness (QED) is 0.718. The van der Waals surface area contributed by atoms with Gasteiger partial charge in [-0.3, -0.25) is 0 Å². The zero-order valence-electron chi connectivity index (χ0n) is 9.92. The molecule has 1 aromatic carbocycles. The number of unbranched alkanes of at least 4 members (excludes halogenated alkanes) is 1. The standard InChI is InChI=1S/C13H21NO/c1-4-5-9-14-12-7-6-8-13(10-12)15-11(2)3/h6-8,10-11,14H,4-5,9H2,1-3H3. The smallest absolute Gasteiger partial charge is 0.121 e. The fraction of sp³-hybridized carbons (Fsp3) is 0.538. The molecule has 0 bridgehead atoms. The second-order valence-corrected chi connectivity index (χ2v) is 3.97. The molecule has 15 heavy (non-hydrogen) atoms. The topological polar surface area (TPSA) is 21.3 Å². The van der Waals surface area contributed by atoms with Crippen LogP contribution in [0.5, 0.6) is 5.75 Å². The first-order chi connectivity index (χ1) is 7.22. The minimum Gasteiger partial charge on any atom is -0.491 e. The van der Waals surface area contributed by atoms with E-state index in [-0.39, 0.29) is 6.10 Å². The molecule has 1 rings (SSSR count). The van der Waals surface area contributed by atoms with Crippen molar-refractivity contribution in [3.8, 4) is 5.75 Å². The summed E-state index contributed by atoms with van der Waals surface area (Å²) < 4.78 is 5.62. The van der Waals surface area contributed by atoms with Crippen molar-refractivity contribution < 1.29 is 4.74 Å². The molecule has 0 unspecified atom stereocenters. The molecule has 0 aromatic heterocycles. The Morgan fingerprint density at radius 3 is 2.80 bits per heavy atom. The van der Waals surface area contributed by atoms with Crippen molar-refractivity contribution in [1.82, 2.24) is 0 Å². The third-order valence-corrected chi connectivity index (χ3v) is 2.07. The molecule has 0 aliphatic carbocycles. The van der Waals surface area contributed by atoms with Crippen molar-refractivity contribution in [3.05, 3.63) is 24.3 Å². The van der Waals surface area contributed by atoms with E-state index in [0.717, 1.165) is 18.0 Å². The molecule has 0 amide bonds. The summed E-state index contributed by atoms with van der Waals surface area (Å²) >= 11 is 0. The van der Waals surface area contributed by atoms with Crippen LogP contribution >= 0.6 is 0 Å². The first-order valence-corrected chi connectivity index (χ1v) is 5.73. The largest absolute Gasteiger partial charge is 0.491 e. The maximum absolute atomic E-state index is 5.62. The Labute approximate surface area is 92.6 Å². The minimum atomic E-state index is 0.232. The lowest BCUT2D eigenvalue weighted by Gasteiger charge is -2.11. The first kappa shape index (κ1) is 11.9. The Morgan fingerprint density at radius 1 is 1.33 bits per heavy atom. The van der Waals surface area contributed by atoms with Gasteiger partial charge >= 0.3 is 0 Å². The third kappa shape index (κ3) is 4.73. The van der Waals surface area contributed by atoms with Crippen LogP contribution in [-0.4, -0.2) is 12.6 Å². The minimum absolute atomic E-state index is 0.232. The number of hydrogen-bond acceptors (Lipinski definition) is 2. The normalized spacial score (nSPS) is 10.4. The molecular weight excluding hydrogens is 186 g/mol. The monoisotopic (exact) mass is 207 g/mol. The molecule has 0 aliphatic heterocycles. The van der Waals surface area contributed by atoms with Gasteiger partial charge in [-0.15, -0.1) is 0 Å². The zero-order chi connectivity index (χ0) is 11.1. The number of ether oxygens (including phenoxy) is 1. The lowest BCUT2D eigenvalue weighted by atomic mass is 10.2. The van der Waals surface area contributed by atoms with E-state index in [1.54, 1.807) is 0 Å². The summed E-state index contributed by atoms with van der Waals surface area (Å²) in [5.74, 6) is 0.937. The van der Waals surface area contributed by atoms with Gasteiger partial charge in [0.2, 0.25) is 0 Å². The van der Waals surface area contributed by atoms with Crippen LogP contribution in [0, 0.1) is 0 Å². The Hall–Kier alpha value is -1.18. The highest BCUT2D eigenvalue weighted by Crippen LogP contribution is 2.18. The van der Waals surface area contributed by atoms with Gasteiger partial charge in [0.15, 0.2) is 0 Å². The number of nitrogens with one attached hydrogen (secondary N) is 1. The molecule has 0 saturated heterocycles. The molecule has 1 N–H and O–H groups in total. The highest BCUT2D eigenvalue weighted by atomic mass is 16.5. The van der Waals surface area contributed by atoms with Gasteiger partial charge in [0, 0.05) is 18.3 Å². The Kier molecular flexibility index (Phi) is 5.02. The van der Waals surface area contributed by atoms with Crippen LogP contribution in [0.2, 0.25) is 0 Å². The third-order valence-electron chi connectivity index (χ3n) is 2.07. The highest BCUT2D eigenvalue weighted by molar-refractivity contribution is 5.48. The van der Waals surface area contributed by atoms with E-state index in [4.69, 9.17) is 4.74 Å². The number of benzene rings is 1. The van der Waals surface area contributed by atoms with Crippen molar-refractivity contribution in [3.63, 3.8) is 0 Å². The fourth-order valence-corrected chi connectivity index (χ4v) is 1.36. The van der Waals surface area contributed by atoms with Gasteiger partial charge in [0.1, 0.15) is 5.75 Å². The van der Waals surface area contributed by atoms with E-state index in [0.29, 0.717) is 0 Å². The Morgan fingerprint density at radius 2 is 2.13 bits per heavy atom. The average Bonchev–Trinajstić information content (AvgIpc) is 2.18. The van der Waals surface area contributed by atoms with Crippen LogP contribution in [0.15, 0.2) is 24.3 Å². The van der Waals surface area contributed by atoms with E-state index in [9.17, 15) is 0 Å². The summed E-state index contributed by atoms with van der Waals surface area (Å²) in [6.45, 7) is 7.30. The van der Waals surface area contributed by atoms with Crippen LogP contribution < -0.4 is 10.1 Å². The lowest BCUT2D eigenvalue weighted by molar-refractivity contribution is 0.242. The van der Waals surface area contributed by atoms with Crippen molar-refractivity contribution in [2.75, 3.05) is 11.9 Å². The summed E-state index contributed by atoms with van der Waals surface area (Å²) in [6, 6.07) is 8.13. The van der Waals surface area contributed by atoms with Crippen LogP contribution in [0.3, 0.4) is 0 Å². The maximum atomic E-state index is 5.62. The fourth-order valence-electron chi connectivity index (χ4n) is 1.36. The molecule has 1 aromatic rings. The second-order valence-electron chi connectivity index (χ2n) is 3.97. The molecule has 0 aliphatic rings. The van der Waals surface area contributed by atoms with Gasteiger partial charge in [-0.1, -0.05) is 19.4 Å². The lowest BCUT2D eigenvalue weighted by Crippen LogP contribution is -2.06. The van der Waals surface area contributed by atoms with Gasteiger partial charge in [-0.25, -0.2) is 0 Å². The molecule has 84 valence electrons. The predicted octanol–water partition coefficient (Wildman–Crippen LogP) is 3.69. The maximum Gasteiger partial charge on any atom is 0.121 e. The molecule has 2 nitrogen and oxygen atoms in total. The summed E-state index contributed by atoms with van der Waals surface area (Å²) in [4.78, 5) is 0. The van der Waals surface area contributed by atoms with Gasteiger partial charge in [0.25, 0.3) is 0 Å². The molecule has 0 radical (unpaired) electrons. The highest BCUT2D eigenvalue weighted by Gasteiger charge is 1.98. The van der Waals surface area contributed by atoms with Crippen molar-refractivity contribution in [2.45, 2.75) is 39.7 Å². The van der Waals surface area contributed by atoms with Crippen LogP contribution in [-0.2, 0) is 0 Å². The first-order valence-electron chi connectivity index (χ1n) is 5.73. The van der Waals surface area contributed by atoms with Crippen LogP contribution in [0.4, 0.5) is 5.69 Å². The Bertz CT molecular complexity index is 284. The summed E-state index contributed by atoms with van der Waals surface area (Å²) in [7, 11) is 0. The SMILES string of the molecule is CCCCNc1cccc(OC(C)C)c1. The second kappa shape index (κ2) is 6.33. The van der Waals surface area contributed by atoms with Gasteiger partial charge in [-0.2, -0.15) is 0 Å². The number of anilines is 1. The van der Waals surface area contributed by atoms with E-state index in [1.807, 2.05) is 26.0 Å². The summed E-state index contributed by atoms with van der Waals surface area (Å²) in [5, 5.41) is 3.38. The van der Waals surface area contributed by atoms with Crippen LogP contribution in [0.25, 0.3) is 0 Å². The van der Waals surface area contributed by atoms with E-state index in [1.165, 1.54) is 12.8 Å². The molecule has 0 spiro atoms. The van der Waals surface area contributed by atoms with E-state index < -0.39 is 0 Å². The average molecular weight is 207 g/mol. The Balaban J connectivity index is 2.50. The summed E-state index contributed by atoms with van der Waals surface area (Å²) in [5.41, 5.74) is 1.14. The molecule has 0 atom stereocenters. The molecule has 2 heteroatoms. The van der Waals surface area contributed by atoms with Crippen molar-refractivity contribution in [2.24, 2.45) is 0 Å². The van der Waals surface area contributed by atoms with Crippen molar-refractivity contribution in [1.29, 1.82) is 0 Å².